The van der Waals surface area contributed by atoms with Gasteiger partial charge in [-0.1, -0.05) is 45.0 Å². The molecule has 192 valence electrons. The van der Waals surface area contributed by atoms with E-state index in [1.165, 1.54) is 22.3 Å². The molecule has 0 aromatic heterocycles. The third-order valence-electron chi connectivity index (χ3n) is 7.49. The Morgan fingerprint density at radius 3 is 2.08 bits per heavy atom. The van der Waals surface area contributed by atoms with Crippen LogP contribution in [-0.4, -0.2) is 27.8 Å². The van der Waals surface area contributed by atoms with Crippen molar-refractivity contribution < 1.29 is 18.7 Å². The number of aldehydes is 1. The molecule has 0 amide bonds. The predicted octanol–water partition coefficient (Wildman–Crippen LogP) is 8.07. The van der Waals surface area contributed by atoms with Crippen LogP contribution >= 0.6 is 0 Å². The number of benzene rings is 3. The number of hydrogen-bond acceptors (Lipinski definition) is 4. The zero-order valence-electron chi connectivity index (χ0n) is 23.0. The standard InChI is InChI=1S/C31H40O4Si/c1-22-23(2)30(33-18-19-35-36(7,8)31(4,5)6)17-16-29(22)28-11-9-10-26(24(28)3)21-34-27-14-12-25(20-32)13-15-27/h9-17,20H,18-19,21H2,1-8H3. The van der Waals surface area contributed by atoms with Crippen LogP contribution in [0.2, 0.25) is 18.1 Å². The molecule has 5 heteroatoms. The minimum Gasteiger partial charge on any atom is -0.491 e. The van der Waals surface area contributed by atoms with Gasteiger partial charge >= 0.3 is 0 Å². The van der Waals surface area contributed by atoms with Gasteiger partial charge < -0.3 is 13.9 Å². The van der Waals surface area contributed by atoms with Gasteiger partial charge in [0.25, 0.3) is 0 Å². The summed E-state index contributed by atoms with van der Waals surface area (Å²) in [5, 5.41) is 0.194. The molecular weight excluding hydrogens is 464 g/mol. The smallest absolute Gasteiger partial charge is 0.192 e. The van der Waals surface area contributed by atoms with Crippen LogP contribution in [0, 0.1) is 20.8 Å². The van der Waals surface area contributed by atoms with Crippen LogP contribution in [0.25, 0.3) is 11.1 Å². The van der Waals surface area contributed by atoms with Crippen molar-refractivity contribution in [3.63, 3.8) is 0 Å². The fourth-order valence-corrected chi connectivity index (χ4v) is 4.87. The second-order valence-corrected chi connectivity index (χ2v) is 15.7. The second kappa shape index (κ2) is 11.4. The summed E-state index contributed by atoms with van der Waals surface area (Å²) in [7, 11) is -1.77. The van der Waals surface area contributed by atoms with Gasteiger partial charge in [-0.05, 0) is 103 Å². The van der Waals surface area contributed by atoms with Crippen LogP contribution in [-0.2, 0) is 11.0 Å². The molecule has 3 rings (SSSR count). The van der Waals surface area contributed by atoms with E-state index in [-0.39, 0.29) is 5.04 Å². The Bertz CT molecular complexity index is 1190. The molecule has 0 aliphatic carbocycles. The lowest BCUT2D eigenvalue weighted by atomic mass is 9.91. The number of hydrogen-bond donors (Lipinski definition) is 0. The van der Waals surface area contributed by atoms with Crippen molar-refractivity contribution in [3.8, 4) is 22.6 Å². The van der Waals surface area contributed by atoms with E-state index in [9.17, 15) is 4.79 Å². The molecule has 0 aliphatic rings. The summed E-state index contributed by atoms with van der Waals surface area (Å²) in [6, 6.07) is 17.7. The summed E-state index contributed by atoms with van der Waals surface area (Å²) >= 11 is 0. The quantitative estimate of drug-likeness (QED) is 0.159. The molecule has 4 nitrogen and oxygen atoms in total. The fourth-order valence-electron chi connectivity index (χ4n) is 3.84. The minimum atomic E-state index is -1.77. The normalized spacial score (nSPS) is 11.9. The van der Waals surface area contributed by atoms with Crippen molar-refractivity contribution in [3.05, 3.63) is 82.4 Å². The second-order valence-electron chi connectivity index (χ2n) is 10.9. The van der Waals surface area contributed by atoms with E-state index in [1.54, 1.807) is 12.1 Å². The number of rotatable bonds is 10. The van der Waals surface area contributed by atoms with Gasteiger partial charge in [0.05, 0.1) is 6.61 Å². The molecule has 0 radical (unpaired) electrons. The van der Waals surface area contributed by atoms with E-state index in [2.05, 4.69) is 85.0 Å². The maximum atomic E-state index is 10.9. The molecule has 0 saturated heterocycles. The van der Waals surface area contributed by atoms with E-state index < -0.39 is 8.32 Å². The van der Waals surface area contributed by atoms with Crippen LogP contribution in [0.1, 0.15) is 53.4 Å². The zero-order chi connectivity index (χ0) is 26.5. The van der Waals surface area contributed by atoms with Crippen molar-refractivity contribution >= 4 is 14.6 Å². The highest BCUT2D eigenvalue weighted by Gasteiger charge is 2.36. The van der Waals surface area contributed by atoms with Gasteiger partial charge in [-0.25, -0.2) is 0 Å². The third kappa shape index (κ3) is 6.45. The van der Waals surface area contributed by atoms with Crippen molar-refractivity contribution in [2.75, 3.05) is 13.2 Å². The van der Waals surface area contributed by atoms with Crippen LogP contribution in [0.15, 0.2) is 54.6 Å². The number of carbonyl (C=O) groups is 1. The Morgan fingerprint density at radius 1 is 0.778 bits per heavy atom. The molecule has 0 bridgehead atoms. The molecule has 0 N–H and O–H groups in total. The van der Waals surface area contributed by atoms with Gasteiger partial charge in [0, 0.05) is 5.56 Å². The molecule has 3 aromatic carbocycles. The average Bonchev–Trinajstić information content (AvgIpc) is 2.83. The Balaban J connectivity index is 1.70. The first-order chi connectivity index (χ1) is 16.9. The van der Waals surface area contributed by atoms with E-state index in [0.717, 1.165) is 28.9 Å². The highest BCUT2D eigenvalue weighted by Crippen LogP contribution is 2.37. The van der Waals surface area contributed by atoms with Gasteiger partial charge in [0.2, 0.25) is 0 Å². The fraction of sp³-hybridized carbons (Fsp3) is 0.387. The summed E-state index contributed by atoms with van der Waals surface area (Å²) in [6.07, 6.45) is 0.834. The molecule has 0 aliphatic heterocycles. The lowest BCUT2D eigenvalue weighted by molar-refractivity contribution is 0.112. The summed E-state index contributed by atoms with van der Waals surface area (Å²) in [5.74, 6) is 1.66. The molecule has 0 spiro atoms. The largest absolute Gasteiger partial charge is 0.491 e. The first-order valence-corrected chi connectivity index (χ1v) is 15.5. The molecule has 0 unspecified atom stereocenters. The Labute approximate surface area is 217 Å². The van der Waals surface area contributed by atoms with E-state index in [0.29, 0.717) is 25.4 Å². The number of carbonyl (C=O) groups excluding carboxylic acids is 1. The number of ether oxygens (including phenoxy) is 2. The van der Waals surface area contributed by atoms with Crippen LogP contribution in [0.4, 0.5) is 0 Å². The maximum absolute atomic E-state index is 10.9. The van der Waals surface area contributed by atoms with E-state index in [4.69, 9.17) is 13.9 Å². The highest BCUT2D eigenvalue weighted by atomic mass is 28.4. The molecule has 0 saturated carbocycles. The van der Waals surface area contributed by atoms with Gasteiger partial charge in [-0.3, -0.25) is 4.79 Å². The maximum Gasteiger partial charge on any atom is 0.192 e. The molecule has 3 aromatic rings. The first-order valence-electron chi connectivity index (χ1n) is 12.6. The Kier molecular flexibility index (Phi) is 8.80. The Hall–Kier alpha value is -2.89. The molecule has 36 heavy (non-hydrogen) atoms. The SMILES string of the molecule is Cc1c(COc2ccc(C=O)cc2)cccc1-c1ccc(OCCO[Si](C)(C)C(C)(C)C)c(C)c1C. The molecule has 0 heterocycles. The van der Waals surface area contributed by atoms with E-state index in [1.807, 2.05) is 12.1 Å². The Morgan fingerprint density at radius 2 is 1.44 bits per heavy atom. The van der Waals surface area contributed by atoms with Gasteiger partial charge in [-0.2, -0.15) is 0 Å². The summed E-state index contributed by atoms with van der Waals surface area (Å²) in [6.45, 7) is 19.3. The van der Waals surface area contributed by atoms with Crippen molar-refractivity contribution in [2.45, 2.75) is 66.3 Å². The van der Waals surface area contributed by atoms with Crippen molar-refractivity contribution in [1.82, 2.24) is 0 Å². The minimum absolute atomic E-state index is 0.194. The molecule has 0 fully saturated rings. The molecular formula is C31H40O4Si. The predicted molar refractivity (Wildman–Crippen MR) is 151 cm³/mol. The lowest BCUT2D eigenvalue weighted by Gasteiger charge is -2.36. The van der Waals surface area contributed by atoms with Gasteiger partial charge in [0.15, 0.2) is 8.32 Å². The lowest BCUT2D eigenvalue weighted by Crippen LogP contribution is -2.41. The van der Waals surface area contributed by atoms with Gasteiger partial charge in [0.1, 0.15) is 31.0 Å². The van der Waals surface area contributed by atoms with Gasteiger partial charge in [-0.15, -0.1) is 0 Å². The summed E-state index contributed by atoms with van der Waals surface area (Å²) < 4.78 is 18.4. The third-order valence-corrected chi connectivity index (χ3v) is 12.0. The highest BCUT2D eigenvalue weighted by molar-refractivity contribution is 6.74. The zero-order valence-corrected chi connectivity index (χ0v) is 24.0. The summed E-state index contributed by atoms with van der Waals surface area (Å²) in [5.41, 5.74) is 7.72. The summed E-state index contributed by atoms with van der Waals surface area (Å²) in [4.78, 5) is 10.9. The average molecular weight is 505 g/mol. The topological polar surface area (TPSA) is 44.8 Å². The van der Waals surface area contributed by atoms with Crippen LogP contribution in [0.5, 0.6) is 11.5 Å². The van der Waals surface area contributed by atoms with Crippen molar-refractivity contribution in [2.24, 2.45) is 0 Å². The van der Waals surface area contributed by atoms with Crippen molar-refractivity contribution in [1.29, 1.82) is 0 Å². The molecule has 0 atom stereocenters. The van der Waals surface area contributed by atoms with Crippen LogP contribution in [0.3, 0.4) is 0 Å². The van der Waals surface area contributed by atoms with E-state index >= 15 is 0 Å². The monoisotopic (exact) mass is 504 g/mol. The van der Waals surface area contributed by atoms with Crippen LogP contribution < -0.4 is 9.47 Å². The first kappa shape index (κ1) is 27.7.